The molecule has 2 aromatic rings. The van der Waals surface area contributed by atoms with Crippen LogP contribution in [-0.2, 0) is 9.05 Å². The van der Waals surface area contributed by atoms with Crippen molar-refractivity contribution >= 4 is 19.7 Å². The van der Waals surface area contributed by atoms with Crippen molar-refractivity contribution in [3.8, 4) is 11.6 Å². The predicted octanol–water partition coefficient (Wildman–Crippen LogP) is 2.50. The van der Waals surface area contributed by atoms with Crippen LogP contribution in [0.25, 0.3) is 0 Å². The summed E-state index contributed by atoms with van der Waals surface area (Å²) in [6, 6.07) is 6.15. The van der Waals surface area contributed by atoms with E-state index in [0.29, 0.717) is 11.4 Å². The molecule has 0 unspecified atom stereocenters. The topological polar surface area (TPSA) is 69.2 Å². The molecule has 0 N–H and O–H groups in total. The van der Waals surface area contributed by atoms with Crippen LogP contribution in [0.2, 0.25) is 0 Å². The zero-order valence-corrected chi connectivity index (χ0v) is 10.9. The van der Waals surface area contributed by atoms with Crippen LogP contribution in [-0.4, -0.2) is 18.4 Å². The summed E-state index contributed by atoms with van der Waals surface area (Å²) in [5, 5.41) is 0. The first-order valence-electron chi connectivity index (χ1n) is 4.97. The molecule has 18 heavy (non-hydrogen) atoms. The molecule has 2 aromatic heterocycles. The third-order valence-electron chi connectivity index (χ3n) is 2.16. The maximum absolute atomic E-state index is 11.4. The molecule has 0 aromatic carbocycles. The first-order valence-corrected chi connectivity index (χ1v) is 7.28. The molecule has 0 fully saturated rings. The van der Waals surface area contributed by atoms with Crippen LogP contribution in [0, 0.1) is 6.92 Å². The minimum Gasteiger partial charge on any atom is -0.436 e. The minimum atomic E-state index is -3.90. The SMILES string of the molecule is Cc1ncccc1Oc1ncccc1S(=O)(=O)Cl. The monoisotopic (exact) mass is 284 g/mol. The maximum Gasteiger partial charge on any atom is 0.266 e. The number of hydrogen-bond acceptors (Lipinski definition) is 5. The zero-order chi connectivity index (χ0) is 13.2. The van der Waals surface area contributed by atoms with E-state index in [4.69, 9.17) is 15.4 Å². The van der Waals surface area contributed by atoms with Gasteiger partial charge in [0.1, 0.15) is 4.90 Å². The van der Waals surface area contributed by atoms with Gasteiger partial charge in [-0.1, -0.05) is 0 Å². The summed E-state index contributed by atoms with van der Waals surface area (Å²) in [6.07, 6.45) is 3.03. The van der Waals surface area contributed by atoms with E-state index in [-0.39, 0.29) is 10.8 Å². The van der Waals surface area contributed by atoms with Crippen molar-refractivity contribution in [2.24, 2.45) is 0 Å². The van der Waals surface area contributed by atoms with Crippen molar-refractivity contribution in [2.75, 3.05) is 0 Å². The van der Waals surface area contributed by atoms with Gasteiger partial charge in [-0.15, -0.1) is 0 Å². The number of aryl methyl sites for hydroxylation is 1. The van der Waals surface area contributed by atoms with Crippen molar-refractivity contribution in [1.82, 2.24) is 9.97 Å². The third kappa shape index (κ3) is 2.77. The average Bonchev–Trinajstić information content (AvgIpc) is 2.31. The lowest BCUT2D eigenvalue weighted by Gasteiger charge is -2.08. The van der Waals surface area contributed by atoms with Gasteiger partial charge in [-0.2, -0.15) is 0 Å². The summed E-state index contributed by atoms with van der Waals surface area (Å²) in [6.45, 7) is 1.74. The van der Waals surface area contributed by atoms with Crippen molar-refractivity contribution < 1.29 is 13.2 Å². The highest BCUT2D eigenvalue weighted by Crippen LogP contribution is 2.29. The molecule has 0 radical (unpaired) electrons. The van der Waals surface area contributed by atoms with Gasteiger partial charge in [0.2, 0.25) is 5.88 Å². The second kappa shape index (κ2) is 4.91. The van der Waals surface area contributed by atoms with E-state index in [1.165, 1.54) is 18.3 Å². The van der Waals surface area contributed by atoms with Gasteiger partial charge in [-0.25, -0.2) is 13.4 Å². The summed E-state index contributed by atoms with van der Waals surface area (Å²) in [5.41, 5.74) is 0.626. The first kappa shape index (κ1) is 12.8. The summed E-state index contributed by atoms with van der Waals surface area (Å²) < 4.78 is 28.1. The largest absolute Gasteiger partial charge is 0.436 e. The molecule has 5 nitrogen and oxygen atoms in total. The Labute approximate surface area is 109 Å². The standard InChI is InChI=1S/C11H9ClN2O3S/c1-8-9(4-2-6-13-8)17-11-10(18(12,15)16)5-3-7-14-11/h2-7H,1H3. The predicted molar refractivity (Wildman–Crippen MR) is 66.3 cm³/mol. The van der Waals surface area contributed by atoms with E-state index in [0.717, 1.165) is 0 Å². The van der Waals surface area contributed by atoms with Gasteiger partial charge in [-0.3, -0.25) is 4.98 Å². The molecule has 0 atom stereocenters. The number of rotatable bonds is 3. The smallest absolute Gasteiger partial charge is 0.266 e. The Balaban J connectivity index is 2.45. The summed E-state index contributed by atoms with van der Waals surface area (Å²) >= 11 is 0. The molecular formula is C11H9ClN2O3S. The second-order valence-corrected chi connectivity index (χ2v) is 5.97. The lowest BCUT2D eigenvalue weighted by molar-refractivity contribution is 0.442. The zero-order valence-electron chi connectivity index (χ0n) is 9.37. The Morgan fingerprint density at radius 2 is 1.83 bits per heavy atom. The number of nitrogens with zero attached hydrogens (tertiary/aromatic N) is 2. The molecule has 2 rings (SSSR count). The second-order valence-electron chi connectivity index (χ2n) is 3.43. The summed E-state index contributed by atoms with van der Waals surface area (Å²) in [4.78, 5) is 7.73. The Bertz CT molecular complexity index is 673. The van der Waals surface area contributed by atoms with Crippen molar-refractivity contribution in [1.29, 1.82) is 0 Å². The molecule has 0 aliphatic heterocycles. The molecular weight excluding hydrogens is 276 g/mol. The fourth-order valence-electron chi connectivity index (χ4n) is 1.32. The van der Waals surface area contributed by atoms with Crippen LogP contribution in [0.15, 0.2) is 41.6 Å². The van der Waals surface area contributed by atoms with Crippen molar-refractivity contribution in [3.63, 3.8) is 0 Å². The molecule has 0 spiro atoms. The van der Waals surface area contributed by atoms with E-state index < -0.39 is 9.05 Å². The molecule has 2 heterocycles. The number of hydrogen-bond donors (Lipinski definition) is 0. The lowest BCUT2D eigenvalue weighted by atomic mass is 10.3. The Kier molecular flexibility index (Phi) is 3.49. The number of pyridine rings is 2. The van der Waals surface area contributed by atoms with E-state index in [2.05, 4.69) is 9.97 Å². The van der Waals surface area contributed by atoms with Crippen LogP contribution in [0.3, 0.4) is 0 Å². The Hall–Kier alpha value is -1.66. The van der Waals surface area contributed by atoms with Gasteiger partial charge >= 0.3 is 0 Å². The highest BCUT2D eigenvalue weighted by Gasteiger charge is 2.18. The van der Waals surface area contributed by atoms with E-state index in [1.54, 1.807) is 25.3 Å². The third-order valence-corrected chi connectivity index (χ3v) is 3.50. The molecule has 0 aliphatic carbocycles. The Morgan fingerprint density at radius 3 is 2.50 bits per heavy atom. The fourth-order valence-corrected chi connectivity index (χ4v) is 2.22. The van der Waals surface area contributed by atoms with Gasteiger partial charge in [0.05, 0.1) is 5.69 Å². The molecule has 94 valence electrons. The van der Waals surface area contributed by atoms with E-state index >= 15 is 0 Å². The van der Waals surface area contributed by atoms with Gasteiger partial charge in [0.15, 0.2) is 5.75 Å². The van der Waals surface area contributed by atoms with Gasteiger partial charge in [0.25, 0.3) is 9.05 Å². The number of aromatic nitrogens is 2. The highest BCUT2D eigenvalue weighted by atomic mass is 35.7. The van der Waals surface area contributed by atoms with Gasteiger partial charge < -0.3 is 4.74 Å². The average molecular weight is 285 g/mol. The molecule has 0 aliphatic rings. The molecule has 0 amide bonds. The van der Waals surface area contributed by atoms with Crippen LogP contribution in [0.4, 0.5) is 0 Å². The van der Waals surface area contributed by atoms with E-state index in [1.807, 2.05) is 0 Å². The lowest BCUT2D eigenvalue weighted by Crippen LogP contribution is -1.99. The first-order chi connectivity index (χ1) is 8.48. The maximum atomic E-state index is 11.4. The Morgan fingerprint density at radius 1 is 1.17 bits per heavy atom. The minimum absolute atomic E-state index is 0.0661. The summed E-state index contributed by atoms with van der Waals surface area (Å²) in [5.74, 6) is 0.362. The molecule has 0 saturated heterocycles. The molecule has 7 heteroatoms. The quantitative estimate of drug-likeness (QED) is 0.810. The van der Waals surface area contributed by atoms with Crippen LogP contribution in [0.5, 0.6) is 11.6 Å². The fraction of sp³-hybridized carbons (Fsp3) is 0.0909. The van der Waals surface area contributed by atoms with E-state index in [9.17, 15) is 8.42 Å². The number of halogens is 1. The van der Waals surface area contributed by atoms with Gasteiger partial charge in [0, 0.05) is 23.1 Å². The molecule has 0 saturated carbocycles. The van der Waals surface area contributed by atoms with Crippen LogP contribution >= 0.6 is 10.7 Å². The molecule has 0 bridgehead atoms. The summed E-state index contributed by atoms with van der Waals surface area (Å²) in [7, 11) is 1.40. The van der Waals surface area contributed by atoms with Gasteiger partial charge in [-0.05, 0) is 31.2 Å². The van der Waals surface area contributed by atoms with Crippen LogP contribution in [0.1, 0.15) is 5.69 Å². The number of ether oxygens (including phenoxy) is 1. The van der Waals surface area contributed by atoms with Crippen LogP contribution < -0.4 is 4.74 Å². The highest BCUT2D eigenvalue weighted by molar-refractivity contribution is 8.13. The normalized spacial score (nSPS) is 11.2. The van der Waals surface area contributed by atoms with Crippen molar-refractivity contribution in [3.05, 3.63) is 42.4 Å². The van der Waals surface area contributed by atoms with Crippen molar-refractivity contribution in [2.45, 2.75) is 11.8 Å².